The van der Waals surface area contributed by atoms with Crippen LogP contribution in [0.2, 0.25) is 0 Å². The number of amides is 2. The molecule has 3 rings (SSSR count). The van der Waals surface area contributed by atoms with Crippen LogP contribution in [0.15, 0.2) is 24.3 Å². The van der Waals surface area contributed by atoms with E-state index < -0.39 is 5.97 Å². The quantitative estimate of drug-likeness (QED) is 0.801. The average molecular weight is 374 g/mol. The van der Waals surface area contributed by atoms with Gasteiger partial charge in [-0.15, -0.1) is 0 Å². The van der Waals surface area contributed by atoms with Gasteiger partial charge in [-0.3, -0.25) is 4.79 Å². The zero-order valence-electron chi connectivity index (χ0n) is 15.8. The highest BCUT2D eigenvalue weighted by molar-refractivity contribution is 5.95. The minimum atomic E-state index is -0.390. The molecule has 7 heteroatoms. The summed E-state index contributed by atoms with van der Waals surface area (Å²) in [5.74, 6) is 0.203. The van der Waals surface area contributed by atoms with Gasteiger partial charge in [-0.25, -0.2) is 9.59 Å². The Bertz CT molecular complexity index is 695. The molecular formula is C20H26N2O5. The van der Waals surface area contributed by atoms with Crippen molar-refractivity contribution >= 4 is 23.7 Å². The number of nitrogens with zero attached hydrogens (tertiary/aromatic N) is 1. The summed E-state index contributed by atoms with van der Waals surface area (Å²) in [5.41, 5.74) is 1.12. The molecule has 1 N–H and O–H groups in total. The van der Waals surface area contributed by atoms with Gasteiger partial charge >= 0.3 is 12.1 Å². The van der Waals surface area contributed by atoms with Gasteiger partial charge in [-0.05, 0) is 43.5 Å². The second-order valence-corrected chi connectivity index (χ2v) is 7.18. The van der Waals surface area contributed by atoms with Crippen molar-refractivity contribution in [2.75, 3.05) is 25.0 Å². The number of ether oxygens (including phenoxy) is 2. The van der Waals surface area contributed by atoms with Crippen LogP contribution in [0, 0.1) is 11.8 Å². The molecule has 0 aromatic heterocycles. The molecule has 0 spiro atoms. The third-order valence-corrected chi connectivity index (χ3v) is 5.08. The summed E-state index contributed by atoms with van der Waals surface area (Å²) in [7, 11) is 0. The van der Waals surface area contributed by atoms with Gasteiger partial charge in [-0.2, -0.15) is 0 Å². The Morgan fingerprint density at radius 3 is 2.33 bits per heavy atom. The molecule has 1 saturated heterocycles. The average Bonchev–Trinajstić information content (AvgIpc) is 3.40. The highest BCUT2D eigenvalue weighted by Crippen LogP contribution is 2.38. The van der Waals surface area contributed by atoms with E-state index in [1.807, 2.05) is 0 Å². The zero-order chi connectivity index (χ0) is 19.4. The molecule has 1 heterocycles. The maximum atomic E-state index is 12.3. The van der Waals surface area contributed by atoms with Crippen molar-refractivity contribution in [3.05, 3.63) is 29.8 Å². The van der Waals surface area contributed by atoms with Gasteiger partial charge in [0.2, 0.25) is 5.91 Å². The van der Waals surface area contributed by atoms with E-state index in [9.17, 15) is 14.4 Å². The van der Waals surface area contributed by atoms with E-state index in [0.29, 0.717) is 49.7 Å². The van der Waals surface area contributed by atoms with Crippen molar-refractivity contribution < 1.29 is 23.9 Å². The van der Waals surface area contributed by atoms with Gasteiger partial charge in [0, 0.05) is 37.5 Å². The first-order valence-corrected chi connectivity index (χ1v) is 9.51. The Morgan fingerprint density at radius 1 is 1.15 bits per heavy atom. The SMILES string of the molecule is CCOC(=O)N1CCC(OC(=O)c2ccc(NC(=O)[C@H]3C[C@@H]3C)cc2)CC1. The third-order valence-electron chi connectivity index (χ3n) is 5.08. The lowest BCUT2D eigenvalue weighted by Gasteiger charge is -2.30. The Morgan fingerprint density at radius 2 is 1.78 bits per heavy atom. The van der Waals surface area contributed by atoms with Crippen molar-refractivity contribution in [3.8, 4) is 0 Å². The number of benzene rings is 1. The van der Waals surface area contributed by atoms with E-state index in [-0.39, 0.29) is 24.0 Å². The fraction of sp³-hybridized carbons (Fsp3) is 0.550. The van der Waals surface area contributed by atoms with Crippen LogP contribution >= 0.6 is 0 Å². The van der Waals surface area contributed by atoms with Gasteiger partial charge in [0.05, 0.1) is 12.2 Å². The Kier molecular flexibility index (Phi) is 5.98. The van der Waals surface area contributed by atoms with E-state index in [0.717, 1.165) is 6.42 Å². The monoisotopic (exact) mass is 374 g/mol. The van der Waals surface area contributed by atoms with Crippen LogP contribution in [0.25, 0.3) is 0 Å². The van der Waals surface area contributed by atoms with Gasteiger partial charge in [-0.1, -0.05) is 6.92 Å². The van der Waals surface area contributed by atoms with Crippen molar-refractivity contribution in [3.63, 3.8) is 0 Å². The molecule has 1 aromatic carbocycles. The number of piperidine rings is 1. The lowest BCUT2D eigenvalue weighted by molar-refractivity contribution is -0.117. The summed E-state index contributed by atoms with van der Waals surface area (Å²) in [6.45, 7) is 5.21. The molecule has 2 atom stereocenters. The van der Waals surface area contributed by atoms with Gasteiger partial charge < -0.3 is 19.7 Å². The molecule has 1 saturated carbocycles. The lowest BCUT2D eigenvalue weighted by atomic mass is 10.1. The summed E-state index contributed by atoms with van der Waals surface area (Å²) < 4.78 is 10.5. The predicted octanol–water partition coefficient (Wildman–Crippen LogP) is 3.06. The predicted molar refractivity (Wildman–Crippen MR) is 99.4 cm³/mol. The lowest BCUT2D eigenvalue weighted by Crippen LogP contribution is -2.41. The maximum absolute atomic E-state index is 12.3. The summed E-state index contributed by atoms with van der Waals surface area (Å²) >= 11 is 0. The maximum Gasteiger partial charge on any atom is 0.409 e. The van der Waals surface area contributed by atoms with Crippen LogP contribution in [-0.4, -0.2) is 48.7 Å². The number of carbonyl (C=O) groups is 3. The highest BCUT2D eigenvalue weighted by atomic mass is 16.6. The summed E-state index contributed by atoms with van der Waals surface area (Å²) in [5, 5.41) is 2.87. The molecule has 0 radical (unpaired) electrons. The van der Waals surface area contributed by atoms with Gasteiger partial charge in [0.1, 0.15) is 6.10 Å². The van der Waals surface area contributed by atoms with Crippen LogP contribution in [0.1, 0.15) is 43.5 Å². The molecule has 1 aliphatic carbocycles. The molecule has 0 bridgehead atoms. The second kappa shape index (κ2) is 8.41. The Hall–Kier alpha value is -2.57. The number of hydrogen-bond acceptors (Lipinski definition) is 5. The molecule has 7 nitrogen and oxygen atoms in total. The molecule has 2 fully saturated rings. The van der Waals surface area contributed by atoms with E-state index in [4.69, 9.17) is 9.47 Å². The van der Waals surface area contributed by atoms with E-state index >= 15 is 0 Å². The number of nitrogens with one attached hydrogen (secondary N) is 1. The molecule has 1 aliphatic heterocycles. The molecule has 2 amide bonds. The van der Waals surface area contributed by atoms with Crippen LogP contribution in [-0.2, 0) is 14.3 Å². The zero-order valence-corrected chi connectivity index (χ0v) is 15.8. The molecule has 0 unspecified atom stereocenters. The number of hydrogen-bond donors (Lipinski definition) is 1. The van der Waals surface area contributed by atoms with E-state index in [1.165, 1.54) is 0 Å². The largest absolute Gasteiger partial charge is 0.459 e. The first-order chi connectivity index (χ1) is 13.0. The number of anilines is 1. The Labute approximate surface area is 159 Å². The standard InChI is InChI=1S/C20H26N2O5/c1-3-26-20(25)22-10-8-16(9-11-22)27-19(24)14-4-6-15(7-5-14)21-18(23)17-12-13(17)2/h4-7,13,16-17H,3,8-12H2,1-2H3,(H,21,23)/t13-,17-/m0/s1. The minimum Gasteiger partial charge on any atom is -0.459 e. The van der Waals surface area contributed by atoms with Crippen LogP contribution < -0.4 is 5.32 Å². The number of rotatable bonds is 5. The van der Waals surface area contributed by atoms with E-state index in [2.05, 4.69) is 12.2 Å². The smallest absolute Gasteiger partial charge is 0.409 e. The summed E-state index contributed by atoms with van der Waals surface area (Å²) in [6, 6.07) is 6.74. The van der Waals surface area contributed by atoms with Crippen molar-refractivity contribution in [1.29, 1.82) is 0 Å². The molecule has 1 aromatic rings. The fourth-order valence-corrected chi connectivity index (χ4v) is 3.20. The molecule has 27 heavy (non-hydrogen) atoms. The van der Waals surface area contributed by atoms with Gasteiger partial charge in [0.15, 0.2) is 0 Å². The first-order valence-electron chi connectivity index (χ1n) is 9.51. The number of esters is 1. The van der Waals surface area contributed by atoms with Crippen LogP contribution in [0.4, 0.5) is 10.5 Å². The topological polar surface area (TPSA) is 84.9 Å². The molecular weight excluding hydrogens is 348 g/mol. The normalized spacial score (nSPS) is 22.1. The molecule has 2 aliphatic rings. The van der Waals surface area contributed by atoms with Crippen molar-refractivity contribution in [2.24, 2.45) is 11.8 Å². The second-order valence-electron chi connectivity index (χ2n) is 7.18. The van der Waals surface area contributed by atoms with E-state index in [1.54, 1.807) is 36.1 Å². The molecule has 146 valence electrons. The van der Waals surface area contributed by atoms with Crippen LogP contribution in [0.5, 0.6) is 0 Å². The van der Waals surface area contributed by atoms with Gasteiger partial charge in [0.25, 0.3) is 0 Å². The van der Waals surface area contributed by atoms with Crippen molar-refractivity contribution in [2.45, 2.75) is 39.2 Å². The highest BCUT2D eigenvalue weighted by Gasteiger charge is 2.39. The summed E-state index contributed by atoms with van der Waals surface area (Å²) in [6.07, 6.45) is 1.60. The third kappa shape index (κ3) is 4.99. The minimum absolute atomic E-state index is 0.0335. The fourth-order valence-electron chi connectivity index (χ4n) is 3.20. The van der Waals surface area contributed by atoms with Crippen molar-refractivity contribution in [1.82, 2.24) is 4.90 Å². The van der Waals surface area contributed by atoms with Crippen LogP contribution in [0.3, 0.4) is 0 Å². The summed E-state index contributed by atoms with van der Waals surface area (Å²) in [4.78, 5) is 37.6. The number of likely N-dealkylation sites (tertiary alicyclic amines) is 1. The number of carbonyl (C=O) groups excluding carboxylic acids is 3. The Balaban J connectivity index is 1.46. The first kappa shape index (κ1) is 19.2.